The summed E-state index contributed by atoms with van der Waals surface area (Å²) >= 11 is 0. The van der Waals surface area contributed by atoms with E-state index in [9.17, 15) is 0 Å². The van der Waals surface area contributed by atoms with Crippen molar-refractivity contribution in [3.63, 3.8) is 0 Å². The average molecular weight is 255 g/mol. The van der Waals surface area contributed by atoms with Crippen LogP contribution in [0.1, 0.15) is 58.3 Å². The number of hydrogen-bond donors (Lipinski definition) is 1. The summed E-state index contributed by atoms with van der Waals surface area (Å²) in [5.74, 6) is 0. The van der Waals surface area contributed by atoms with Crippen molar-refractivity contribution >= 4 is 0 Å². The number of nitrogens with one attached hydrogen (secondary N) is 1. The van der Waals surface area contributed by atoms with Crippen LogP contribution in [0.5, 0.6) is 0 Å². The molecule has 0 bridgehead atoms. The summed E-state index contributed by atoms with van der Waals surface area (Å²) in [6.45, 7) is 6.00. The third kappa shape index (κ3) is 4.22. The van der Waals surface area contributed by atoms with Crippen molar-refractivity contribution in [2.75, 3.05) is 26.3 Å². The van der Waals surface area contributed by atoms with Gasteiger partial charge in [0.15, 0.2) is 0 Å². The molecule has 3 heteroatoms. The van der Waals surface area contributed by atoms with Crippen LogP contribution >= 0.6 is 0 Å². The number of hydrogen-bond acceptors (Lipinski definition) is 3. The molecule has 2 rings (SSSR count). The molecule has 0 radical (unpaired) electrons. The largest absolute Gasteiger partial charge is 0.381 e. The highest BCUT2D eigenvalue weighted by molar-refractivity contribution is 4.87. The van der Waals surface area contributed by atoms with Gasteiger partial charge in [-0.2, -0.15) is 0 Å². The van der Waals surface area contributed by atoms with E-state index in [1.54, 1.807) is 0 Å². The summed E-state index contributed by atoms with van der Waals surface area (Å²) in [6, 6.07) is 0. The van der Waals surface area contributed by atoms with Crippen LogP contribution in [0.15, 0.2) is 0 Å². The van der Waals surface area contributed by atoms with Gasteiger partial charge in [0.05, 0.1) is 11.7 Å². The van der Waals surface area contributed by atoms with Gasteiger partial charge in [0, 0.05) is 19.8 Å². The smallest absolute Gasteiger partial charge is 0.0810 e. The summed E-state index contributed by atoms with van der Waals surface area (Å²) in [4.78, 5) is 0. The molecular formula is C15H29NO2. The lowest BCUT2D eigenvalue weighted by Gasteiger charge is -2.38. The van der Waals surface area contributed by atoms with Crippen LogP contribution in [-0.4, -0.2) is 38.0 Å². The Morgan fingerprint density at radius 3 is 2.39 bits per heavy atom. The molecule has 1 saturated carbocycles. The molecule has 2 fully saturated rings. The minimum atomic E-state index is 0.106. The quantitative estimate of drug-likeness (QED) is 0.766. The average Bonchev–Trinajstić information content (AvgIpc) is 2.64. The summed E-state index contributed by atoms with van der Waals surface area (Å²) < 4.78 is 12.0. The van der Waals surface area contributed by atoms with Crippen molar-refractivity contribution in [2.24, 2.45) is 0 Å². The monoisotopic (exact) mass is 255 g/mol. The zero-order valence-corrected chi connectivity index (χ0v) is 11.9. The Bertz CT molecular complexity index is 219. The van der Waals surface area contributed by atoms with E-state index in [1.807, 2.05) is 0 Å². The Morgan fingerprint density at radius 1 is 1.11 bits per heavy atom. The van der Waals surface area contributed by atoms with E-state index < -0.39 is 0 Å². The highest BCUT2D eigenvalue weighted by Gasteiger charge is 2.34. The summed E-state index contributed by atoms with van der Waals surface area (Å²) in [5, 5.41) is 3.52. The van der Waals surface area contributed by atoms with E-state index >= 15 is 0 Å². The fourth-order valence-electron chi connectivity index (χ4n) is 3.21. The topological polar surface area (TPSA) is 30.5 Å². The minimum Gasteiger partial charge on any atom is -0.381 e. The third-order valence-electron chi connectivity index (χ3n) is 4.30. The van der Waals surface area contributed by atoms with Gasteiger partial charge in [-0.25, -0.2) is 0 Å². The van der Waals surface area contributed by atoms with Gasteiger partial charge in [-0.05, 0) is 32.2 Å². The highest BCUT2D eigenvalue weighted by Crippen LogP contribution is 2.32. The maximum atomic E-state index is 6.56. The van der Waals surface area contributed by atoms with Crippen molar-refractivity contribution in [3.05, 3.63) is 0 Å². The molecule has 2 aliphatic rings. The molecule has 1 saturated heterocycles. The first-order valence-corrected chi connectivity index (χ1v) is 7.81. The highest BCUT2D eigenvalue weighted by atomic mass is 16.5. The first-order valence-electron chi connectivity index (χ1n) is 7.81. The molecule has 0 aromatic heterocycles. The number of likely N-dealkylation sites (N-methyl/N-ethyl adjacent to an activating group) is 1. The van der Waals surface area contributed by atoms with Crippen LogP contribution < -0.4 is 5.32 Å². The van der Waals surface area contributed by atoms with E-state index in [-0.39, 0.29) is 5.60 Å². The van der Waals surface area contributed by atoms with E-state index in [4.69, 9.17) is 9.47 Å². The first kappa shape index (κ1) is 14.3. The van der Waals surface area contributed by atoms with Crippen molar-refractivity contribution < 1.29 is 9.47 Å². The van der Waals surface area contributed by atoms with Gasteiger partial charge in [-0.1, -0.05) is 32.6 Å². The third-order valence-corrected chi connectivity index (χ3v) is 4.30. The van der Waals surface area contributed by atoms with Gasteiger partial charge < -0.3 is 14.8 Å². The molecule has 0 amide bonds. The fourth-order valence-corrected chi connectivity index (χ4v) is 3.21. The minimum absolute atomic E-state index is 0.106. The molecule has 0 unspecified atom stereocenters. The molecule has 1 N–H and O–H groups in total. The van der Waals surface area contributed by atoms with Crippen LogP contribution in [0.2, 0.25) is 0 Å². The SMILES string of the molecule is CCNCC1(OC2CCOCC2)CCCCCC1. The molecule has 0 spiro atoms. The molecule has 106 valence electrons. The predicted molar refractivity (Wildman–Crippen MR) is 73.9 cm³/mol. The summed E-state index contributed by atoms with van der Waals surface area (Å²) in [6.07, 6.45) is 10.5. The molecule has 3 nitrogen and oxygen atoms in total. The Labute approximate surface area is 112 Å². The second-order valence-electron chi connectivity index (χ2n) is 5.81. The Morgan fingerprint density at radius 2 is 1.78 bits per heavy atom. The molecule has 1 heterocycles. The molecule has 0 aromatic rings. The maximum Gasteiger partial charge on any atom is 0.0810 e. The van der Waals surface area contributed by atoms with Crippen LogP contribution in [-0.2, 0) is 9.47 Å². The normalized spacial score (nSPS) is 25.8. The second kappa shape index (κ2) is 7.46. The van der Waals surface area contributed by atoms with E-state index in [2.05, 4.69) is 12.2 Å². The molecular weight excluding hydrogens is 226 g/mol. The van der Waals surface area contributed by atoms with Gasteiger partial charge in [0.1, 0.15) is 0 Å². The lowest BCUT2D eigenvalue weighted by atomic mass is 9.93. The van der Waals surface area contributed by atoms with Crippen LogP contribution in [0.3, 0.4) is 0 Å². The van der Waals surface area contributed by atoms with E-state index in [1.165, 1.54) is 38.5 Å². The Hall–Kier alpha value is -0.120. The predicted octanol–water partition coefficient (Wildman–Crippen LogP) is 2.88. The van der Waals surface area contributed by atoms with Crippen LogP contribution in [0.25, 0.3) is 0 Å². The fraction of sp³-hybridized carbons (Fsp3) is 1.00. The lowest BCUT2D eigenvalue weighted by molar-refractivity contribution is -0.130. The molecule has 1 aliphatic carbocycles. The summed E-state index contributed by atoms with van der Waals surface area (Å²) in [5.41, 5.74) is 0.106. The van der Waals surface area contributed by atoms with Crippen molar-refractivity contribution in [2.45, 2.75) is 70.0 Å². The van der Waals surface area contributed by atoms with E-state index in [0.717, 1.165) is 39.1 Å². The second-order valence-corrected chi connectivity index (χ2v) is 5.81. The molecule has 18 heavy (non-hydrogen) atoms. The molecule has 0 aromatic carbocycles. The van der Waals surface area contributed by atoms with Gasteiger partial charge in [-0.15, -0.1) is 0 Å². The zero-order valence-electron chi connectivity index (χ0n) is 11.9. The van der Waals surface area contributed by atoms with Crippen molar-refractivity contribution in [3.8, 4) is 0 Å². The molecule has 1 aliphatic heterocycles. The van der Waals surface area contributed by atoms with Crippen LogP contribution in [0, 0.1) is 0 Å². The number of rotatable bonds is 5. The Balaban J connectivity index is 1.93. The van der Waals surface area contributed by atoms with Gasteiger partial charge in [0.25, 0.3) is 0 Å². The van der Waals surface area contributed by atoms with Gasteiger partial charge in [0.2, 0.25) is 0 Å². The lowest BCUT2D eigenvalue weighted by Crippen LogP contribution is -2.46. The van der Waals surface area contributed by atoms with E-state index in [0.29, 0.717) is 6.10 Å². The number of ether oxygens (including phenoxy) is 2. The summed E-state index contributed by atoms with van der Waals surface area (Å²) in [7, 11) is 0. The van der Waals surface area contributed by atoms with Gasteiger partial charge in [-0.3, -0.25) is 0 Å². The molecule has 0 atom stereocenters. The van der Waals surface area contributed by atoms with Crippen molar-refractivity contribution in [1.82, 2.24) is 5.32 Å². The van der Waals surface area contributed by atoms with Gasteiger partial charge >= 0.3 is 0 Å². The Kier molecular flexibility index (Phi) is 5.93. The zero-order chi connectivity index (χ0) is 12.7. The maximum absolute atomic E-state index is 6.56. The standard InChI is InChI=1S/C15H29NO2/c1-2-16-13-15(9-5-3-4-6-10-15)18-14-7-11-17-12-8-14/h14,16H,2-13H2,1H3. The van der Waals surface area contributed by atoms with Crippen LogP contribution in [0.4, 0.5) is 0 Å². The van der Waals surface area contributed by atoms with Crippen molar-refractivity contribution in [1.29, 1.82) is 0 Å². The first-order chi connectivity index (χ1) is 8.85.